The molecule has 1 aliphatic heterocycles. The van der Waals surface area contributed by atoms with Crippen molar-refractivity contribution in [2.24, 2.45) is 0 Å². The van der Waals surface area contributed by atoms with Crippen molar-refractivity contribution in [3.8, 4) is 5.75 Å². The standard InChI is InChI=1S/C23H14Br2ClNO3S/c24-16-4-1-14(2-5-16)13-30-20-10-3-15(11-19(20)25)12-21-22(28)27(23(29)31-21)18-8-6-17(26)7-9-18/h1-12H,13H2/b21-12+. The van der Waals surface area contributed by atoms with Crippen LogP contribution in [0.3, 0.4) is 0 Å². The largest absolute Gasteiger partial charge is 0.488 e. The molecule has 1 saturated heterocycles. The van der Waals surface area contributed by atoms with Gasteiger partial charge in [0.1, 0.15) is 12.4 Å². The number of hydrogen-bond donors (Lipinski definition) is 0. The molecule has 0 unspecified atom stereocenters. The molecule has 3 aromatic carbocycles. The van der Waals surface area contributed by atoms with Crippen LogP contribution in [0.4, 0.5) is 10.5 Å². The summed E-state index contributed by atoms with van der Waals surface area (Å²) < 4.78 is 7.66. The summed E-state index contributed by atoms with van der Waals surface area (Å²) in [5, 5.41) is 0.200. The van der Waals surface area contributed by atoms with Gasteiger partial charge in [-0.15, -0.1) is 0 Å². The van der Waals surface area contributed by atoms with Crippen molar-refractivity contribution in [2.75, 3.05) is 4.90 Å². The first-order valence-electron chi connectivity index (χ1n) is 9.11. The van der Waals surface area contributed by atoms with E-state index in [0.717, 1.165) is 36.7 Å². The molecular weight excluding hydrogens is 566 g/mol. The smallest absolute Gasteiger partial charge is 0.298 e. The highest BCUT2D eigenvalue weighted by atomic mass is 79.9. The summed E-state index contributed by atoms with van der Waals surface area (Å²) in [5.41, 5.74) is 2.33. The molecule has 2 amide bonds. The molecule has 1 fully saturated rings. The number of ether oxygens (including phenoxy) is 1. The van der Waals surface area contributed by atoms with E-state index in [2.05, 4.69) is 31.9 Å². The van der Waals surface area contributed by atoms with Gasteiger partial charge in [0, 0.05) is 9.50 Å². The summed E-state index contributed by atoms with van der Waals surface area (Å²) in [7, 11) is 0. The third-order valence-corrected chi connectivity index (χ3v) is 6.71. The summed E-state index contributed by atoms with van der Waals surface area (Å²) in [5.74, 6) is 0.332. The summed E-state index contributed by atoms with van der Waals surface area (Å²) in [6.07, 6.45) is 1.70. The van der Waals surface area contributed by atoms with E-state index in [1.165, 1.54) is 0 Å². The van der Waals surface area contributed by atoms with Crippen LogP contribution in [-0.2, 0) is 11.4 Å². The van der Waals surface area contributed by atoms with Crippen LogP contribution in [0.15, 0.2) is 80.6 Å². The molecule has 0 radical (unpaired) electrons. The van der Waals surface area contributed by atoms with Crippen molar-refractivity contribution in [3.05, 3.63) is 96.7 Å². The fourth-order valence-corrected chi connectivity index (χ4v) is 4.64. The summed E-state index contributed by atoms with van der Waals surface area (Å²) in [4.78, 5) is 26.7. The topological polar surface area (TPSA) is 46.6 Å². The van der Waals surface area contributed by atoms with Crippen LogP contribution in [0.2, 0.25) is 5.02 Å². The van der Waals surface area contributed by atoms with E-state index in [0.29, 0.717) is 28.0 Å². The number of nitrogens with zero attached hydrogens (tertiary/aromatic N) is 1. The first kappa shape index (κ1) is 22.1. The molecule has 0 saturated carbocycles. The Hall–Kier alpha value is -2.06. The quantitative estimate of drug-likeness (QED) is 0.291. The van der Waals surface area contributed by atoms with Gasteiger partial charge in [-0.2, -0.15) is 0 Å². The lowest BCUT2D eigenvalue weighted by atomic mass is 10.2. The van der Waals surface area contributed by atoms with Crippen molar-refractivity contribution in [1.29, 1.82) is 0 Å². The molecule has 0 atom stereocenters. The van der Waals surface area contributed by atoms with E-state index in [1.54, 1.807) is 30.3 Å². The molecule has 0 spiro atoms. The summed E-state index contributed by atoms with van der Waals surface area (Å²) in [6.45, 7) is 0.436. The van der Waals surface area contributed by atoms with Gasteiger partial charge in [0.05, 0.1) is 15.1 Å². The van der Waals surface area contributed by atoms with E-state index >= 15 is 0 Å². The second-order valence-electron chi connectivity index (χ2n) is 6.60. The summed E-state index contributed by atoms with van der Waals surface area (Å²) >= 11 is 13.7. The van der Waals surface area contributed by atoms with Gasteiger partial charge in [-0.05, 0) is 93.4 Å². The minimum absolute atomic E-state index is 0.341. The maximum atomic E-state index is 12.8. The molecule has 4 rings (SSSR count). The number of carbonyl (C=O) groups excluding carboxylic acids is 2. The molecule has 1 heterocycles. The van der Waals surface area contributed by atoms with Crippen LogP contribution in [0, 0.1) is 0 Å². The number of rotatable bonds is 5. The van der Waals surface area contributed by atoms with Crippen molar-refractivity contribution in [2.45, 2.75) is 6.61 Å². The lowest BCUT2D eigenvalue weighted by Gasteiger charge is -2.12. The predicted molar refractivity (Wildman–Crippen MR) is 133 cm³/mol. The molecule has 0 aliphatic carbocycles. The zero-order valence-corrected chi connectivity index (χ0v) is 20.6. The Morgan fingerprint density at radius 1 is 0.968 bits per heavy atom. The maximum absolute atomic E-state index is 12.8. The molecule has 156 valence electrons. The monoisotopic (exact) mass is 577 g/mol. The van der Waals surface area contributed by atoms with E-state index in [4.69, 9.17) is 16.3 Å². The molecule has 0 N–H and O–H groups in total. The van der Waals surface area contributed by atoms with Gasteiger partial charge in [0.2, 0.25) is 0 Å². The Labute approximate surface area is 205 Å². The SMILES string of the molecule is O=C1S/C(=C/c2ccc(OCc3ccc(Br)cc3)c(Br)c2)C(=O)N1c1ccc(Cl)cc1. The molecule has 31 heavy (non-hydrogen) atoms. The van der Waals surface area contributed by atoms with Crippen LogP contribution < -0.4 is 9.64 Å². The Balaban J connectivity index is 1.49. The summed E-state index contributed by atoms with van der Waals surface area (Å²) in [6, 6.07) is 20.0. The predicted octanol–water partition coefficient (Wildman–Crippen LogP) is 7.68. The number of anilines is 1. The number of carbonyl (C=O) groups is 2. The van der Waals surface area contributed by atoms with E-state index in [-0.39, 0.29) is 11.1 Å². The number of amides is 2. The van der Waals surface area contributed by atoms with Gasteiger partial charge in [-0.1, -0.05) is 45.7 Å². The fourth-order valence-electron chi connectivity index (χ4n) is 2.90. The number of hydrogen-bond acceptors (Lipinski definition) is 4. The Morgan fingerprint density at radius 2 is 1.68 bits per heavy atom. The highest BCUT2D eigenvalue weighted by molar-refractivity contribution is 9.10. The second-order valence-corrected chi connectivity index (χ2v) is 9.80. The molecule has 4 nitrogen and oxygen atoms in total. The van der Waals surface area contributed by atoms with Crippen LogP contribution in [0.25, 0.3) is 6.08 Å². The van der Waals surface area contributed by atoms with Crippen LogP contribution in [0.1, 0.15) is 11.1 Å². The van der Waals surface area contributed by atoms with Gasteiger partial charge >= 0.3 is 0 Å². The van der Waals surface area contributed by atoms with E-state index in [9.17, 15) is 9.59 Å². The highest BCUT2D eigenvalue weighted by Crippen LogP contribution is 2.37. The third-order valence-electron chi connectivity index (χ3n) is 4.44. The van der Waals surface area contributed by atoms with E-state index < -0.39 is 0 Å². The van der Waals surface area contributed by atoms with Crippen LogP contribution >= 0.6 is 55.2 Å². The number of benzene rings is 3. The Bertz CT molecular complexity index is 1180. The minimum atomic E-state index is -0.357. The molecule has 1 aliphatic rings. The van der Waals surface area contributed by atoms with Crippen molar-refractivity contribution >= 4 is 78.1 Å². The first-order valence-corrected chi connectivity index (χ1v) is 11.9. The normalized spacial score (nSPS) is 15.1. The second kappa shape index (κ2) is 9.61. The maximum Gasteiger partial charge on any atom is 0.298 e. The average Bonchev–Trinajstić information content (AvgIpc) is 3.02. The molecule has 3 aromatic rings. The lowest BCUT2D eigenvalue weighted by molar-refractivity contribution is -0.113. The zero-order valence-electron chi connectivity index (χ0n) is 15.8. The molecule has 0 aromatic heterocycles. The third kappa shape index (κ3) is 5.23. The first-order chi connectivity index (χ1) is 14.9. The Kier molecular flexibility index (Phi) is 6.86. The minimum Gasteiger partial charge on any atom is -0.488 e. The van der Waals surface area contributed by atoms with Crippen molar-refractivity contribution < 1.29 is 14.3 Å². The molecular formula is C23H14Br2ClNO3S. The lowest BCUT2D eigenvalue weighted by Crippen LogP contribution is -2.27. The van der Waals surface area contributed by atoms with Gasteiger partial charge in [0.15, 0.2) is 0 Å². The van der Waals surface area contributed by atoms with Crippen LogP contribution in [-0.4, -0.2) is 11.1 Å². The van der Waals surface area contributed by atoms with Gasteiger partial charge in [-0.25, -0.2) is 4.90 Å². The van der Waals surface area contributed by atoms with Gasteiger partial charge < -0.3 is 4.74 Å². The average molecular weight is 580 g/mol. The Morgan fingerprint density at radius 3 is 2.35 bits per heavy atom. The van der Waals surface area contributed by atoms with E-state index in [1.807, 2.05) is 42.5 Å². The molecule has 0 bridgehead atoms. The van der Waals surface area contributed by atoms with Crippen molar-refractivity contribution in [1.82, 2.24) is 0 Å². The number of imide groups is 1. The van der Waals surface area contributed by atoms with Gasteiger partial charge in [0.25, 0.3) is 11.1 Å². The fraction of sp³-hybridized carbons (Fsp3) is 0.0435. The molecule has 8 heteroatoms. The number of halogens is 3. The van der Waals surface area contributed by atoms with Crippen molar-refractivity contribution in [3.63, 3.8) is 0 Å². The van der Waals surface area contributed by atoms with Crippen LogP contribution in [0.5, 0.6) is 5.75 Å². The van der Waals surface area contributed by atoms with Gasteiger partial charge in [-0.3, -0.25) is 9.59 Å². The number of thioether (sulfide) groups is 1. The highest BCUT2D eigenvalue weighted by Gasteiger charge is 2.36. The zero-order chi connectivity index (χ0) is 22.0.